The van der Waals surface area contributed by atoms with Crippen LogP contribution in [0.2, 0.25) is 0 Å². The lowest BCUT2D eigenvalue weighted by atomic mass is 10.1. The van der Waals surface area contributed by atoms with Gasteiger partial charge in [-0.05, 0) is 36.8 Å². The number of nitrogens with one attached hydrogen (secondary N) is 4. The highest BCUT2D eigenvalue weighted by molar-refractivity contribution is 7.24. The molecule has 4 atom stereocenters. The Morgan fingerprint density at radius 1 is 0.638 bits per heavy atom. The molecule has 298 valence electrons. The zero-order valence-corrected chi connectivity index (χ0v) is 33.2. The van der Waals surface area contributed by atoms with Gasteiger partial charge in [-0.1, -0.05) is 60.7 Å². The number of alkyl carbamates (subject to hydrolysis) is 2. The molecule has 0 spiro atoms. The van der Waals surface area contributed by atoms with Crippen molar-refractivity contribution in [3.05, 3.63) is 108 Å². The summed E-state index contributed by atoms with van der Waals surface area (Å²) in [5, 5.41) is 6.86. The SMILES string of the molecule is COC(=O)N[C@H](C(=O)N1CCC[C@@H]1c1ncc(-c2cnc(-c3ncc(-c4cnc([C@H]5CCCN5C(=O)[C@@H](NC(=O)OC)c5ccccc5)[nH]4)s3)s2)[nH]1)c1ccccc1. The third-order valence-electron chi connectivity index (χ3n) is 10.3. The maximum Gasteiger partial charge on any atom is 0.407 e. The number of benzene rings is 2. The van der Waals surface area contributed by atoms with Gasteiger partial charge in [-0.2, -0.15) is 0 Å². The minimum absolute atomic E-state index is 0.236. The average molecular weight is 821 g/mol. The maximum absolute atomic E-state index is 13.9. The number of thiazole rings is 2. The van der Waals surface area contributed by atoms with E-state index >= 15 is 0 Å². The molecule has 0 radical (unpaired) electrons. The number of aromatic amines is 2. The number of nitrogens with zero attached hydrogens (tertiary/aromatic N) is 6. The summed E-state index contributed by atoms with van der Waals surface area (Å²) in [6.07, 6.45) is 8.71. The summed E-state index contributed by atoms with van der Waals surface area (Å²) in [6.45, 7) is 1.06. The number of ether oxygens (including phenoxy) is 2. The molecular formula is C40H40N10O6S2. The highest BCUT2D eigenvalue weighted by Gasteiger charge is 2.38. The molecule has 16 nitrogen and oxygen atoms in total. The minimum atomic E-state index is -0.902. The molecule has 2 aliphatic rings. The van der Waals surface area contributed by atoms with E-state index < -0.39 is 24.3 Å². The number of carbonyl (C=O) groups is 4. The summed E-state index contributed by atoms with van der Waals surface area (Å²) < 4.78 is 9.64. The molecule has 6 heterocycles. The zero-order valence-electron chi connectivity index (χ0n) is 31.6. The van der Waals surface area contributed by atoms with Crippen LogP contribution in [0.1, 0.15) is 72.6 Å². The topological polar surface area (TPSA) is 200 Å². The fraction of sp³-hybridized carbons (Fsp3) is 0.300. The van der Waals surface area contributed by atoms with Crippen LogP contribution in [-0.2, 0) is 19.1 Å². The van der Waals surface area contributed by atoms with Crippen LogP contribution in [0.5, 0.6) is 0 Å². The molecule has 0 bridgehead atoms. The Morgan fingerprint density at radius 3 is 1.45 bits per heavy atom. The lowest BCUT2D eigenvalue weighted by Gasteiger charge is -2.28. The molecular weight excluding hydrogens is 781 g/mol. The first-order valence-corrected chi connectivity index (χ1v) is 20.4. The fourth-order valence-electron chi connectivity index (χ4n) is 7.44. The molecule has 58 heavy (non-hydrogen) atoms. The summed E-state index contributed by atoms with van der Waals surface area (Å²) in [5.41, 5.74) is 2.87. The molecule has 8 rings (SSSR count). The second-order valence-electron chi connectivity index (χ2n) is 13.8. The predicted molar refractivity (Wildman–Crippen MR) is 215 cm³/mol. The van der Waals surface area contributed by atoms with Crippen LogP contribution in [0.15, 0.2) is 85.5 Å². The largest absolute Gasteiger partial charge is 0.453 e. The highest BCUT2D eigenvalue weighted by Crippen LogP contribution is 2.39. The van der Waals surface area contributed by atoms with Gasteiger partial charge in [0.25, 0.3) is 11.8 Å². The Morgan fingerprint density at radius 2 is 1.05 bits per heavy atom. The van der Waals surface area contributed by atoms with Crippen molar-refractivity contribution >= 4 is 46.7 Å². The summed E-state index contributed by atoms with van der Waals surface area (Å²) in [6, 6.07) is 15.8. The van der Waals surface area contributed by atoms with Gasteiger partial charge >= 0.3 is 12.2 Å². The van der Waals surface area contributed by atoms with Crippen molar-refractivity contribution in [3.8, 4) is 31.2 Å². The van der Waals surface area contributed by atoms with E-state index in [1.54, 1.807) is 58.9 Å². The Kier molecular flexibility index (Phi) is 11.3. The van der Waals surface area contributed by atoms with Crippen LogP contribution >= 0.6 is 22.7 Å². The summed E-state index contributed by atoms with van der Waals surface area (Å²) in [7, 11) is 2.54. The fourth-order valence-corrected chi connectivity index (χ4v) is 9.23. The van der Waals surface area contributed by atoms with Crippen LogP contribution in [0.4, 0.5) is 9.59 Å². The summed E-state index contributed by atoms with van der Waals surface area (Å²) in [5.74, 6) is 0.842. The molecule has 2 saturated heterocycles. The Labute approximate surface area is 341 Å². The van der Waals surface area contributed by atoms with Gasteiger partial charge in [-0.25, -0.2) is 29.5 Å². The minimum Gasteiger partial charge on any atom is -0.453 e. The van der Waals surface area contributed by atoms with Crippen LogP contribution in [0.25, 0.3) is 31.2 Å². The number of likely N-dealkylation sites (tertiary alicyclic amines) is 2. The number of aromatic nitrogens is 6. The first-order valence-electron chi connectivity index (χ1n) is 18.7. The van der Waals surface area contributed by atoms with Crippen LogP contribution in [-0.4, -0.2) is 91.0 Å². The molecule has 2 aliphatic heterocycles. The number of hydrogen-bond donors (Lipinski definition) is 4. The van der Waals surface area contributed by atoms with E-state index in [-0.39, 0.29) is 23.9 Å². The van der Waals surface area contributed by atoms with Gasteiger partial charge in [0, 0.05) is 25.5 Å². The number of imidazole rings is 2. The third kappa shape index (κ3) is 7.92. The van der Waals surface area contributed by atoms with Gasteiger partial charge in [0.1, 0.15) is 23.7 Å². The van der Waals surface area contributed by atoms with E-state index in [1.807, 2.05) is 36.4 Å². The standard InChI is InChI=1S/C40H40N10O6S2/c1-55-39(53)47-31(23-11-5-3-6-12-23)37(51)49-17-9-15-27(49)33-41-19-25(45-33)29-21-43-35(57-29)36-44-22-30(58-36)26-20-42-34(46-26)28-16-10-18-50(28)38(52)32(48-40(54)56-2)24-13-7-4-8-14-24/h3-8,11-14,19-22,27-28,31-32H,9-10,15-18H2,1-2H3,(H,41,45)(H,42,46)(H,47,53)(H,48,54)/t27-,28-,31+,32+/m1/s1. The second-order valence-corrected chi connectivity index (χ2v) is 15.8. The van der Waals surface area contributed by atoms with Crippen molar-refractivity contribution in [2.45, 2.75) is 49.9 Å². The van der Waals surface area contributed by atoms with E-state index in [1.165, 1.54) is 36.9 Å². The van der Waals surface area contributed by atoms with Crippen molar-refractivity contribution in [1.29, 1.82) is 0 Å². The summed E-state index contributed by atoms with van der Waals surface area (Å²) in [4.78, 5) is 83.0. The van der Waals surface area contributed by atoms with Gasteiger partial charge < -0.3 is 39.9 Å². The van der Waals surface area contributed by atoms with Crippen molar-refractivity contribution in [1.82, 2.24) is 50.3 Å². The van der Waals surface area contributed by atoms with E-state index in [4.69, 9.17) is 9.47 Å². The third-order valence-corrected chi connectivity index (χ3v) is 12.5. The molecule has 0 aliphatic carbocycles. The lowest BCUT2D eigenvalue weighted by Crippen LogP contribution is -2.42. The number of amides is 4. The highest BCUT2D eigenvalue weighted by atomic mass is 32.1. The molecule has 6 aromatic rings. The Hall–Kier alpha value is -6.40. The molecule has 18 heteroatoms. The van der Waals surface area contributed by atoms with E-state index in [0.29, 0.717) is 35.9 Å². The van der Waals surface area contributed by atoms with Gasteiger partial charge in [0.05, 0.1) is 59.8 Å². The first kappa shape index (κ1) is 38.5. The van der Waals surface area contributed by atoms with Crippen molar-refractivity contribution in [2.75, 3.05) is 27.3 Å². The van der Waals surface area contributed by atoms with Gasteiger partial charge in [-0.3, -0.25) is 9.59 Å². The van der Waals surface area contributed by atoms with Crippen molar-refractivity contribution < 1.29 is 28.7 Å². The molecule has 2 aromatic carbocycles. The van der Waals surface area contributed by atoms with Crippen LogP contribution in [0.3, 0.4) is 0 Å². The number of rotatable bonds is 11. The molecule has 4 aromatic heterocycles. The van der Waals surface area contributed by atoms with Crippen molar-refractivity contribution in [3.63, 3.8) is 0 Å². The second kappa shape index (κ2) is 17.0. The average Bonchev–Trinajstić information content (AvgIpc) is 4.11. The predicted octanol–water partition coefficient (Wildman–Crippen LogP) is 6.57. The number of H-pyrrole nitrogens is 2. The van der Waals surface area contributed by atoms with Gasteiger partial charge in [0.2, 0.25) is 0 Å². The molecule has 0 saturated carbocycles. The van der Waals surface area contributed by atoms with E-state index in [0.717, 1.165) is 56.8 Å². The van der Waals surface area contributed by atoms with Gasteiger partial charge in [-0.15, -0.1) is 22.7 Å². The lowest BCUT2D eigenvalue weighted by molar-refractivity contribution is -0.135. The summed E-state index contributed by atoms with van der Waals surface area (Å²) >= 11 is 2.94. The number of methoxy groups -OCH3 is 2. The molecule has 0 unspecified atom stereocenters. The first-order chi connectivity index (χ1) is 28.3. The van der Waals surface area contributed by atoms with Crippen LogP contribution in [0, 0.1) is 0 Å². The maximum atomic E-state index is 13.9. The Bertz CT molecular complexity index is 2230. The van der Waals surface area contributed by atoms with Crippen LogP contribution < -0.4 is 10.6 Å². The number of carbonyl (C=O) groups excluding carboxylic acids is 4. The van der Waals surface area contributed by atoms with Gasteiger partial charge in [0.15, 0.2) is 10.0 Å². The molecule has 2 fully saturated rings. The van der Waals surface area contributed by atoms with E-state index in [2.05, 4.69) is 40.5 Å². The smallest absolute Gasteiger partial charge is 0.407 e. The van der Waals surface area contributed by atoms with E-state index in [9.17, 15) is 19.2 Å². The molecule has 4 amide bonds. The van der Waals surface area contributed by atoms with Crippen molar-refractivity contribution in [2.24, 2.45) is 0 Å². The Balaban J connectivity index is 0.952. The quantitative estimate of drug-likeness (QED) is 0.111. The normalized spacial score (nSPS) is 17.5. The monoisotopic (exact) mass is 820 g/mol. The number of hydrogen-bond acceptors (Lipinski definition) is 12. The zero-order chi connectivity index (χ0) is 40.2. The molecule has 4 N–H and O–H groups in total.